The van der Waals surface area contributed by atoms with Gasteiger partial charge in [0.1, 0.15) is 5.75 Å². The number of amides is 1. The predicted octanol–water partition coefficient (Wildman–Crippen LogP) is 2.48. The van der Waals surface area contributed by atoms with Crippen LogP contribution in [0.4, 0.5) is 0 Å². The lowest BCUT2D eigenvalue weighted by atomic mass is 10.1. The average Bonchev–Trinajstić information content (AvgIpc) is 2.66. The van der Waals surface area contributed by atoms with Crippen LogP contribution in [-0.2, 0) is 0 Å². The van der Waals surface area contributed by atoms with Crippen LogP contribution in [0.15, 0.2) is 41.5 Å². The molecule has 0 aromatic heterocycles. The Labute approximate surface area is 146 Å². The molecule has 0 radical (unpaired) electrons. The average molecular weight is 344 g/mol. The van der Waals surface area contributed by atoms with E-state index in [4.69, 9.17) is 18.9 Å². The molecule has 0 unspecified atom stereocenters. The normalized spacial score (nSPS) is 10.4. The molecule has 7 heteroatoms. The second-order valence-electron chi connectivity index (χ2n) is 4.86. The van der Waals surface area contributed by atoms with Crippen LogP contribution >= 0.6 is 0 Å². The van der Waals surface area contributed by atoms with Gasteiger partial charge in [0.15, 0.2) is 11.5 Å². The quantitative estimate of drug-likeness (QED) is 0.617. The fourth-order valence-electron chi connectivity index (χ4n) is 2.21. The van der Waals surface area contributed by atoms with Crippen molar-refractivity contribution in [2.45, 2.75) is 0 Å². The summed E-state index contributed by atoms with van der Waals surface area (Å²) in [6.45, 7) is 0. The number of nitrogens with one attached hydrogen (secondary N) is 1. The maximum Gasteiger partial charge on any atom is 0.271 e. The number of hydrazone groups is 1. The Bertz CT molecular complexity index is 749. The zero-order chi connectivity index (χ0) is 18.2. The molecule has 0 aliphatic heterocycles. The molecule has 1 N–H and O–H groups in total. The molecule has 0 aliphatic carbocycles. The van der Waals surface area contributed by atoms with Crippen LogP contribution in [-0.4, -0.2) is 40.6 Å². The van der Waals surface area contributed by atoms with E-state index in [9.17, 15) is 4.79 Å². The van der Waals surface area contributed by atoms with Gasteiger partial charge in [0.2, 0.25) is 5.75 Å². The third kappa shape index (κ3) is 4.20. The van der Waals surface area contributed by atoms with E-state index in [0.717, 1.165) is 5.56 Å². The fraction of sp³-hybridized carbons (Fsp3) is 0.222. The lowest BCUT2D eigenvalue weighted by molar-refractivity contribution is 0.0954. The molecule has 0 bridgehead atoms. The monoisotopic (exact) mass is 344 g/mol. The summed E-state index contributed by atoms with van der Waals surface area (Å²) in [5, 5.41) is 3.96. The first-order valence-electron chi connectivity index (χ1n) is 7.41. The first kappa shape index (κ1) is 18.1. The summed E-state index contributed by atoms with van der Waals surface area (Å²) in [6, 6.07) is 10.4. The van der Waals surface area contributed by atoms with E-state index in [1.54, 1.807) is 19.2 Å². The molecule has 7 nitrogen and oxygen atoms in total. The van der Waals surface area contributed by atoms with E-state index < -0.39 is 5.91 Å². The van der Waals surface area contributed by atoms with Gasteiger partial charge in [-0.25, -0.2) is 5.43 Å². The Morgan fingerprint density at radius 1 is 0.920 bits per heavy atom. The molecule has 132 valence electrons. The zero-order valence-corrected chi connectivity index (χ0v) is 14.5. The predicted molar refractivity (Wildman–Crippen MR) is 94.2 cm³/mol. The fourth-order valence-corrected chi connectivity index (χ4v) is 2.21. The van der Waals surface area contributed by atoms with Crippen molar-refractivity contribution in [2.24, 2.45) is 5.10 Å². The van der Waals surface area contributed by atoms with Crippen molar-refractivity contribution in [3.63, 3.8) is 0 Å². The third-order valence-electron chi connectivity index (χ3n) is 3.44. The van der Waals surface area contributed by atoms with E-state index in [1.807, 2.05) is 24.3 Å². The lowest BCUT2D eigenvalue weighted by Crippen LogP contribution is -2.18. The Hall–Kier alpha value is -3.22. The van der Waals surface area contributed by atoms with Crippen LogP contribution in [0, 0.1) is 0 Å². The third-order valence-corrected chi connectivity index (χ3v) is 3.44. The molecule has 0 saturated carbocycles. The zero-order valence-electron chi connectivity index (χ0n) is 14.5. The molecule has 25 heavy (non-hydrogen) atoms. The van der Waals surface area contributed by atoms with Crippen molar-refractivity contribution in [3.8, 4) is 23.0 Å². The molecule has 2 rings (SSSR count). The maximum atomic E-state index is 12.3. The first-order chi connectivity index (χ1) is 12.1. The minimum atomic E-state index is -0.412. The highest BCUT2D eigenvalue weighted by molar-refractivity contribution is 5.96. The SMILES string of the molecule is COc1ccccc1C=NNC(=O)c1cc(OC)c(OC)c(OC)c1. The molecule has 1 amide bonds. The van der Waals surface area contributed by atoms with Crippen LogP contribution < -0.4 is 24.4 Å². The smallest absolute Gasteiger partial charge is 0.271 e. The summed E-state index contributed by atoms with van der Waals surface area (Å²) >= 11 is 0. The molecular weight excluding hydrogens is 324 g/mol. The van der Waals surface area contributed by atoms with Gasteiger partial charge in [0, 0.05) is 11.1 Å². The van der Waals surface area contributed by atoms with E-state index in [1.165, 1.54) is 27.5 Å². The Morgan fingerprint density at radius 2 is 1.52 bits per heavy atom. The molecule has 2 aromatic carbocycles. The van der Waals surface area contributed by atoms with Gasteiger partial charge in [0.25, 0.3) is 5.91 Å². The first-order valence-corrected chi connectivity index (χ1v) is 7.41. The largest absolute Gasteiger partial charge is 0.496 e. The lowest BCUT2D eigenvalue weighted by Gasteiger charge is -2.13. The van der Waals surface area contributed by atoms with Crippen LogP contribution in [0.5, 0.6) is 23.0 Å². The molecule has 2 aromatic rings. The number of carbonyl (C=O) groups excluding carboxylic acids is 1. The van der Waals surface area contributed by atoms with Crippen LogP contribution in [0.25, 0.3) is 0 Å². The Morgan fingerprint density at radius 3 is 2.08 bits per heavy atom. The standard InChI is InChI=1S/C18H20N2O5/c1-22-14-8-6-5-7-12(14)11-19-20-18(21)13-9-15(23-2)17(25-4)16(10-13)24-3/h5-11H,1-4H3,(H,20,21). The summed E-state index contributed by atoms with van der Waals surface area (Å²) in [4.78, 5) is 12.3. The van der Waals surface area contributed by atoms with Crippen molar-refractivity contribution >= 4 is 12.1 Å². The van der Waals surface area contributed by atoms with Crippen molar-refractivity contribution < 1.29 is 23.7 Å². The van der Waals surface area contributed by atoms with Gasteiger partial charge in [-0.3, -0.25) is 4.79 Å². The number of nitrogens with zero attached hydrogens (tertiary/aromatic N) is 1. The number of hydrogen-bond acceptors (Lipinski definition) is 6. The summed E-state index contributed by atoms with van der Waals surface area (Å²) in [7, 11) is 6.04. The van der Waals surface area contributed by atoms with Gasteiger partial charge in [-0.15, -0.1) is 0 Å². The minimum absolute atomic E-state index is 0.326. The second kappa shape index (κ2) is 8.58. The molecule has 0 spiro atoms. The molecule has 0 saturated heterocycles. The highest BCUT2D eigenvalue weighted by Gasteiger charge is 2.16. The number of carbonyl (C=O) groups is 1. The summed E-state index contributed by atoms with van der Waals surface area (Å²) in [5.41, 5.74) is 3.53. The van der Waals surface area contributed by atoms with Crippen LogP contribution in [0.3, 0.4) is 0 Å². The second-order valence-corrected chi connectivity index (χ2v) is 4.86. The Balaban J connectivity index is 2.19. The molecule has 0 heterocycles. The number of ether oxygens (including phenoxy) is 4. The highest BCUT2D eigenvalue weighted by Crippen LogP contribution is 2.38. The topological polar surface area (TPSA) is 78.4 Å². The number of hydrogen-bond donors (Lipinski definition) is 1. The molecular formula is C18H20N2O5. The van der Waals surface area contributed by atoms with Gasteiger partial charge >= 0.3 is 0 Å². The maximum absolute atomic E-state index is 12.3. The van der Waals surface area contributed by atoms with Gasteiger partial charge < -0.3 is 18.9 Å². The van der Waals surface area contributed by atoms with E-state index in [0.29, 0.717) is 28.6 Å². The minimum Gasteiger partial charge on any atom is -0.496 e. The van der Waals surface area contributed by atoms with Gasteiger partial charge in [-0.2, -0.15) is 5.10 Å². The van der Waals surface area contributed by atoms with E-state index in [2.05, 4.69) is 10.5 Å². The summed E-state index contributed by atoms with van der Waals surface area (Å²) in [6.07, 6.45) is 1.51. The van der Waals surface area contributed by atoms with Gasteiger partial charge in [-0.05, 0) is 24.3 Å². The van der Waals surface area contributed by atoms with Crippen LogP contribution in [0.2, 0.25) is 0 Å². The van der Waals surface area contributed by atoms with Gasteiger partial charge in [-0.1, -0.05) is 12.1 Å². The highest BCUT2D eigenvalue weighted by atomic mass is 16.5. The molecule has 0 atom stereocenters. The number of benzene rings is 2. The van der Waals surface area contributed by atoms with Crippen molar-refractivity contribution in [2.75, 3.05) is 28.4 Å². The van der Waals surface area contributed by atoms with Crippen LogP contribution in [0.1, 0.15) is 15.9 Å². The number of rotatable bonds is 7. The molecule has 0 aliphatic rings. The van der Waals surface area contributed by atoms with Crippen molar-refractivity contribution in [1.29, 1.82) is 0 Å². The summed E-state index contributed by atoms with van der Waals surface area (Å²) < 4.78 is 20.9. The summed E-state index contributed by atoms with van der Waals surface area (Å²) in [5.74, 6) is 1.44. The van der Waals surface area contributed by atoms with Crippen molar-refractivity contribution in [3.05, 3.63) is 47.5 Å². The number of methoxy groups -OCH3 is 4. The molecule has 0 fully saturated rings. The van der Waals surface area contributed by atoms with E-state index >= 15 is 0 Å². The van der Waals surface area contributed by atoms with Crippen molar-refractivity contribution in [1.82, 2.24) is 5.43 Å². The van der Waals surface area contributed by atoms with Gasteiger partial charge in [0.05, 0.1) is 34.7 Å². The number of para-hydroxylation sites is 1. The van der Waals surface area contributed by atoms with E-state index in [-0.39, 0.29) is 0 Å². The Kier molecular flexibility index (Phi) is 6.22.